The van der Waals surface area contributed by atoms with E-state index < -0.39 is 11.0 Å². The Labute approximate surface area is 187 Å². The van der Waals surface area contributed by atoms with E-state index >= 15 is 0 Å². The van der Waals surface area contributed by atoms with Crippen LogP contribution >= 0.6 is 11.8 Å². The third-order valence-corrected chi connectivity index (χ3v) is 7.42. The fourth-order valence-corrected chi connectivity index (χ4v) is 6.49. The van der Waals surface area contributed by atoms with E-state index in [4.69, 9.17) is 9.84 Å². The van der Waals surface area contributed by atoms with Gasteiger partial charge in [0.1, 0.15) is 11.0 Å². The highest BCUT2D eigenvalue weighted by atomic mass is 32.2. The van der Waals surface area contributed by atoms with Crippen molar-refractivity contribution in [2.75, 3.05) is 10.8 Å². The number of rotatable bonds is 4. The number of para-hydroxylation sites is 1. The van der Waals surface area contributed by atoms with Gasteiger partial charge in [0.25, 0.3) is 5.91 Å². The summed E-state index contributed by atoms with van der Waals surface area (Å²) in [5, 5.41) is 6.13. The van der Waals surface area contributed by atoms with Gasteiger partial charge in [0.05, 0.1) is 17.8 Å². The van der Waals surface area contributed by atoms with Crippen LogP contribution < -0.4 is 5.01 Å². The van der Waals surface area contributed by atoms with E-state index in [0.29, 0.717) is 5.75 Å². The van der Waals surface area contributed by atoms with E-state index in [1.807, 2.05) is 76.2 Å². The maximum atomic E-state index is 14.0. The molecule has 162 valence electrons. The van der Waals surface area contributed by atoms with Crippen molar-refractivity contribution in [2.45, 2.75) is 45.0 Å². The van der Waals surface area contributed by atoms with E-state index in [1.165, 1.54) is 5.01 Å². The largest absolute Gasteiger partial charge is 0.460 e. The van der Waals surface area contributed by atoms with Gasteiger partial charge in [0.2, 0.25) is 0 Å². The predicted molar refractivity (Wildman–Crippen MR) is 125 cm³/mol. The Hall–Kier alpha value is -2.60. The van der Waals surface area contributed by atoms with Gasteiger partial charge >= 0.3 is 5.97 Å². The lowest BCUT2D eigenvalue weighted by molar-refractivity contribution is -0.156. The van der Waals surface area contributed by atoms with Gasteiger partial charge in [0, 0.05) is 5.25 Å². The molecule has 2 aromatic rings. The van der Waals surface area contributed by atoms with E-state index in [1.54, 1.807) is 11.8 Å². The summed E-state index contributed by atoms with van der Waals surface area (Å²) in [5.74, 6) is 0.163. The van der Waals surface area contributed by atoms with Gasteiger partial charge in [-0.2, -0.15) is 21.9 Å². The summed E-state index contributed by atoms with van der Waals surface area (Å²) in [5.41, 5.74) is 1.14. The minimum absolute atomic E-state index is 0.0661. The highest BCUT2D eigenvalue weighted by molar-refractivity contribution is 7.99. The summed E-state index contributed by atoms with van der Waals surface area (Å²) in [4.78, 5) is 26.8. The number of thioether (sulfide) groups is 1. The zero-order valence-corrected chi connectivity index (χ0v) is 19.2. The molecular formula is C25H28N2O3S. The van der Waals surface area contributed by atoms with Gasteiger partial charge in [-0.3, -0.25) is 9.59 Å². The fourth-order valence-electron chi connectivity index (χ4n) is 4.60. The van der Waals surface area contributed by atoms with E-state index in [9.17, 15) is 9.59 Å². The molecule has 4 rings (SSSR count). The van der Waals surface area contributed by atoms with Crippen molar-refractivity contribution < 1.29 is 14.3 Å². The molecule has 0 aromatic heterocycles. The maximum Gasteiger partial charge on any atom is 0.306 e. The van der Waals surface area contributed by atoms with E-state index in [-0.39, 0.29) is 29.5 Å². The summed E-state index contributed by atoms with van der Waals surface area (Å²) in [7, 11) is 0. The summed E-state index contributed by atoms with van der Waals surface area (Å²) in [6, 6.07) is 19.6. The number of hydrogen-bond donors (Lipinski definition) is 0. The Morgan fingerprint density at radius 2 is 1.74 bits per heavy atom. The molecule has 0 bridgehead atoms. The van der Waals surface area contributed by atoms with Crippen molar-refractivity contribution in [3.63, 3.8) is 0 Å². The molecule has 1 fully saturated rings. The van der Waals surface area contributed by atoms with Gasteiger partial charge in [-0.1, -0.05) is 48.5 Å². The minimum atomic E-state index is -0.876. The van der Waals surface area contributed by atoms with Crippen LogP contribution in [0.2, 0.25) is 0 Å². The first-order valence-corrected chi connectivity index (χ1v) is 11.6. The molecular weight excluding hydrogens is 408 g/mol. The number of benzene rings is 2. The van der Waals surface area contributed by atoms with Crippen LogP contribution in [0.4, 0.5) is 5.69 Å². The Balaban J connectivity index is 1.75. The highest BCUT2D eigenvalue weighted by Gasteiger charge is 2.63. The molecule has 5 nitrogen and oxygen atoms in total. The summed E-state index contributed by atoms with van der Waals surface area (Å²) in [6.07, 6.45) is 0.189. The lowest BCUT2D eigenvalue weighted by atomic mass is 9.67. The van der Waals surface area contributed by atoms with Crippen molar-refractivity contribution in [1.29, 1.82) is 0 Å². The molecule has 2 aliphatic heterocycles. The first-order valence-electron chi connectivity index (χ1n) is 10.6. The molecule has 2 aromatic carbocycles. The fraction of sp³-hybridized carbons (Fsp3) is 0.400. The number of hydrogen-bond acceptors (Lipinski definition) is 5. The van der Waals surface area contributed by atoms with Gasteiger partial charge in [-0.15, -0.1) is 0 Å². The monoisotopic (exact) mass is 436 g/mol. The maximum absolute atomic E-state index is 14.0. The summed E-state index contributed by atoms with van der Waals surface area (Å²) < 4.78 is 5.61. The topological polar surface area (TPSA) is 59.0 Å². The normalized spacial score (nSPS) is 25.7. The lowest BCUT2D eigenvalue weighted by Gasteiger charge is -2.34. The lowest BCUT2D eigenvalue weighted by Crippen LogP contribution is -2.47. The van der Waals surface area contributed by atoms with Crippen LogP contribution in [-0.4, -0.2) is 28.9 Å². The number of nitrogens with zero attached hydrogens (tertiary/aromatic N) is 2. The molecule has 1 unspecified atom stereocenters. The number of carbonyl (C=O) groups excluding carboxylic acids is 2. The Morgan fingerprint density at radius 1 is 1.13 bits per heavy atom. The average molecular weight is 437 g/mol. The Bertz CT molecular complexity index is 1000. The third-order valence-electron chi connectivity index (χ3n) is 5.85. The highest BCUT2D eigenvalue weighted by Crippen LogP contribution is 2.61. The van der Waals surface area contributed by atoms with Crippen molar-refractivity contribution in [2.24, 2.45) is 16.4 Å². The smallest absolute Gasteiger partial charge is 0.306 e. The molecule has 1 spiro atoms. The number of hydrazone groups is 1. The molecule has 2 aliphatic rings. The first-order chi connectivity index (χ1) is 14.7. The van der Waals surface area contributed by atoms with Crippen molar-refractivity contribution >= 4 is 35.0 Å². The first kappa shape index (κ1) is 21.6. The second kappa shape index (κ2) is 8.15. The Kier molecular flexibility index (Phi) is 5.69. The van der Waals surface area contributed by atoms with Crippen LogP contribution in [0.1, 0.15) is 44.9 Å². The SMILES string of the molecule is CC1=NN(c2ccccc2)C(=O)C12[C@@H](CC(=O)OC(C)(C)C)CS[C@H]2c1ccccc1. The second-order valence-corrected chi connectivity index (χ2v) is 10.3. The molecule has 1 amide bonds. The van der Waals surface area contributed by atoms with Crippen molar-refractivity contribution in [1.82, 2.24) is 0 Å². The van der Waals surface area contributed by atoms with Crippen LogP contribution in [0.25, 0.3) is 0 Å². The summed E-state index contributed by atoms with van der Waals surface area (Å²) >= 11 is 1.73. The van der Waals surface area contributed by atoms with Crippen LogP contribution in [-0.2, 0) is 14.3 Å². The van der Waals surface area contributed by atoms with Gasteiger partial charge < -0.3 is 4.74 Å². The summed E-state index contributed by atoms with van der Waals surface area (Å²) in [6.45, 7) is 7.51. The van der Waals surface area contributed by atoms with Crippen LogP contribution in [0.15, 0.2) is 65.8 Å². The van der Waals surface area contributed by atoms with Crippen LogP contribution in [0.5, 0.6) is 0 Å². The molecule has 31 heavy (non-hydrogen) atoms. The van der Waals surface area contributed by atoms with Crippen LogP contribution in [0.3, 0.4) is 0 Å². The number of amides is 1. The number of anilines is 1. The number of ether oxygens (including phenoxy) is 1. The molecule has 2 heterocycles. The van der Waals surface area contributed by atoms with E-state index in [0.717, 1.165) is 17.0 Å². The zero-order valence-electron chi connectivity index (χ0n) is 18.4. The van der Waals surface area contributed by atoms with E-state index in [2.05, 4.69) is 12.1 Å². The predicted octanol–water partition coefficient (Wildman–Crippen LogP) is 5.23. The van der Waals surface area contributed by atoms with Gasteiger partial charge in [0.15, 0.2) is 0 Å². The molecule has 0 saturated carbocycles. The average Bonchev–Trinajstić information content (AvgIpc) is 3.22. The third kappa shape index (κ3) is 3.89. The molecule has 0 N–H and O–H groups in total. The van der Waals surface area contributed by atoms with Gasteiger partial charge in [-0.25, -0.2) is 0 Å². The quantitative estimate of drug-likeness (QED) is 0.616. The number of esters is 1. The second-order valence-electron chi connectivity index (χ2n) is 9.12. The Morgan fingerprint density at radius 3 is 2.35 bits per heavy atom. The molecule has 6 heteroatoms. The van der Waals surface area contributed by atoms with Crippen molar-refractivity contribution in [3.8, 4) is 0 Å². The molecule has 0 radical (unpaired) electrons. The van der Waals surface area contributed by atoms with Crippen LogP contribution in [0, 0.1) is 11.3 Å². The minimum Gasteiger partial charge on any atom is -0.460 e. The van der Waals surface area contributed by atoms with Gasteiger partial charge in [-0.05, 0) is 57.1 Å². The molecule has 1 saturated heterocycles. The van der Waals surface area contributed by atoms with Crippen molar-refractivity contribution in [3.05, 3.63) is 66.2 Å². The molecule has 3 atom stereocenters. The zero-order chi connectivity index (χ0) is 22.2. The number of carbonyl (C=O) groups is 2. The standard InChI is InChI=1S/C25H28N2O3S/c1-17-25(23(29)27(26-17)20-13-9-6-10-14-20)19(15-21(28)30-24(2,3)4)16-31-22(25)18-11-7-5-8-12-18/h5-14,19,22H,15-16H2,1-4H3/t19-,22-,25?/m0/s1. The molecule has 0 aliphatic carbocycles.